The third-order valence-electron chi connectivity index (χ3n) is 6.89. The summed E-state index contributed by atoms with van der Waals surface area (Å²) < 4.78 is 25.1. The Bertz CT molecular complexity index is 1180. The summed E-state index contributed by atoms with van der Waals surface area (Å²) in [5.41, 5.74) is 5.70. The second kappa shape index (κ2) is 6.26. The first kappa shape index (κ1) is 17.4. The highest BCUT2D eigenvalue weighted by Crippen LogP contribution is 2.61. The molecule has 3 aliphatic rings. The average Bonchev–Trinajstić information content (AvgIpc) is 3.53. The molecule has 30 heavy (non-hydrogen) atoms. The van der Waals surface area contributed by atoms with Gasteiger partial charge in [-0.2, -0.15) is 4.57 Å². The van der Waals surface area contributed by atoms with Crippen molar-refractivity contribution in [3.05, 3.63) is 102 Å². The summed E-state index contributed by atoms with van der Waals surface area (Å²) in [6.45, 7) is 0. The molecule has 0 amide bonds. The molecule has 5 heteroatoms. The molecule has 4 aromatic rings. The van der Waals surface area contributed by atoms with E-state index in [1.165, 1.54) is 16.8 Å². The zero-order valence-electron chi connectivity index (χ0n) is 16.9. The van der Waals surface area contributed by atoms with Crippen LogP contribution in [0.15, 0.2) is 82.5 Å². The maximum Gasteiger partial charge on any atom is 0.190 e. The summed E-state index contributed by atoms with van der Waals surface area (Å²) in [7, 11) is 3.43. The van der Waals surface area contributed by atoms with Crippen molar-refractivity contribution in [1.29, 1.82) is 0 Å². The molecule has 0 saturated heterocycles. The van der Waals surface area contributed by atoms with Gasteiger partial charge in [0, 0.05) is 46.9 Å². The molecule has 3 aromatic heterocycles. The Labute approximate surface area is 174 Å². The molecule has 5 heterocycles. The molecule has 2 unspecified atom stereocenters. The van der Waals surface area contributed by atoms with Gasteiger partial charge in [0.1, 0.15) is 11.5 Å². The van der Waals surface area contributed by atoms with Crippen LogP contribution in [0.1, 0.15) is 46.3 Å². The lowest BCUT2D eigenvalue weighted by Crippen LogP contribution is -2.60. The van der Waals surface area contributed by atoms with Crippen LogP contribution in [0.2, 0.25) is 0 Å². The van der Waals surface area contributed by atoms with E-state index in [9.17, 15) is 0 Å². The SMILES string of the molecule is COc1cc(OC)c2c(c1)C1CC(c3ccoc3)(c3ccoc3)C2c2cccc[n+]21. The summed E-state index contributed by atoms with van der Waals surface area (Å²) >= 11 is 0. The van der Waals surface area contributed by atoms with E-state index in [-0.39, 0.29) is 17.4 Å². The molecule has 150 valence electrons. The first-order valence-electron chi connectivity index (χ1n) is 10.1. The first-order valence-corrected chi connectivity index (χ1v) is 10.1. The number of rotatable bonds is 4. The van der Waals surface area contributed by atoms with Gasteiger partial charge in [0.2, 0.25) is 0 Å². The largest absolute Gasteiger partial charge is 0.497 e. The van der Waals surface area contributed by atoms with Gasteiger partial charge in [-0.25, -0.2) is 0 Å². The molecule has 0 saturated carbocycles. The second-order valence-corrected chi connectivity index (χ2v) is 8.01. The molecular weight excluding hydrogens is 378 g/mol. The zero-order valence-corrected chi connectivity index (χ0v) is 16.9. The van der Waals surface area contributed by atoms with Gasteiger partial charge >= 0.3 is 0 Å². The van der Waals surface area contributed by atoms with Crippen molar-refractivity contribution in [3.63, 3.8) is 0 Å². The lowest BCUT2D eigenvalue weighted by Gasteiger charge is -2.48. The van der Waals surface area contributed by atoms with Crippen molar-refractivity contribution in [3.8, 4) is 11.5 Å². The monoisotopic (exact) mass is 400 g/mol. The van der Waals surface area contributed by atoms with Gasteiger partial charge in [0.25, 0.3) is 0 Å². The molecule has 7 rings (SSSR count). The van der Waals surface area contributed by atoms with Crippen molar-refractivity contribution in [2.24, 2.45) is 0 Å². The van der Waals surface area contributed by atoms with E-state index in [1.54, 1.807) is 26.7 Å². The Balaban J connectivity index is 1.73. The maximum atomic E-state index is 5.91. The van der Waals surface area contributed by atoms with Crippen molar-refractivity contribution in [1.82, 2.24) is 0 Å². The van der Waals surface area contributed by atoms with Crippen molar-refractivity contribution in [2.75, 3.05) is 14.2 Å². The molecule has 1 aromatic carbocycles. The van der Waals surface area contributed by atoms with Crippen LogP contribution in [0.3, 0.4) is 0 Å². The number of hydrogen-bond donors (Lipinski definition) is 0. The van der Waals surface area contributed by atoms with Crippen LogP contribution >= 0.6 is 0 Å². The van der Waals surface area contributed by atoms with Crippen LogP contribution in [0.4, 0.5) is 0 Å². The van der Waals surface area contributed by atoms with Crippen LogP contribution in [0.25, 0.3) is 0 Å². The molecule has 1 aliphatic carbocycles. The number of hydrogen-bond acceptors (Lipinski definition) is 4. The minimum atomic E-state index is -0.319. The third kappa shape index (κ3) is 2.09. The number of pyridine rings is 1. The van der Waals surface area contributed by atoms with Crippen LogP contribution < -0.4 is 14.0 Å². The molecular formula is C25H22NO4+. The first-order chi connectivity index (χ1) is 14.8. The summed E-state index contributed by atoms with van der Waals surface area (Å²) in [6, 6.07) is 14.9. The van der Waals surface area contributed by atoms with Gasteiger partial charge in [-0.05, 0) is 18.2 Å². The fourth-order valence-electron chi connectivity index (χ4n) is 5.69. The number of nitrogens with zero attached hydrogens (tertiary/aromatic N) is 1. The van der Waals surface area contributed by atoms with Crippen molar-refractivity contribution >= 4 is 0 Å². The number of benzene rings is 1. The van der Waals surface area contributed by atoms with Gasteiger partial charge in [0.15, 0.2) is 17.9 Å². The smallest absolute Gasteiger partial charge is 0.190 e. The van der Waals surface area contributed by atoms with E-state index in [1.807, 2.05) is 18.6 Å². The fraction of sp³-hybridized carbons (Fsp3) is 0.240. The highest BCUT2D eigenvalue weighted by molar-refractivity contribution is 5.60. The molecule has 0 N–H and O–H groups in total. The summed E-state index contributed by atoms with van der Waals surface area (Å²) in [6.07, 6.45) is 10.3. The van der Waals surface area contributed by atoms with Crippen molar-refractivity contribution in [2.45, 2.75) is 23.8 Å². The van der Waals surface area contributed by atoms with Crippen LogP contribution in [-0.2, 0) is 5.41 Å². The van der Waals surface area contributed by atoms with Crippen LogP contribution in [0, 0.1) is 0 Å². The normalized spacial score (nSPS) is 20.5. The molecule has 5 nitrogen and oxygen atoms in total. The maximum absolute atomic E-state index is 5.91. The number of fused-ring (bicyclic) bond motifs is 1. The van der Waals surface area contributed by atoms with Gasteiger partial charge in [-0.15, -0.1) is 0 Å². The van der Waals surface area contributed by atoms with E-state index < -0.39 is 0 Å². The quantitative estimate of drug-likeness (QED) is 0.470. The zero-order chi connectivity index (χ0) is 20.3. The summed E-state index contributed by atoms with van der Waals surface area (Å²) in [4.78, 5) is 0. The van der Waals surface area contributed by atoms with Gasteiger partial charge < -0.3 is 18.3 Å². The Morgan fingerprint density at radius 2 is 1.73 bits per heavy atom. The molecule has 2 bridgehead atoms. The van der Waals surface area contributed by atoms with Crippen LogP contribution in [-0.4, -0.2) is 14.2 Å². The molecule has 2 aliphatic heterocycles. The Morgan fingerprint density at radius 1 is 0.967 bits per heavy atom. The standard InChI is InChI=1S/C25H22NO4/c1-27-18-11-19-21-13-25(16-6-9-29-14-16,17-7-10-30-15-17)24(23(19)22(12-18)28-2)20-5-3-4-8-26(20)21/h3-12,14-15,21,24H,13H2,1-2H3/q+1. The molecule has 0 spiro atoms. The lowest BCUT2D eigenvalue weighted by atomic mass is 9.54. The van der Waals surface area contributed by atoms with E-state index >= 15 is 0 Å². The van der Waals surface area contributed by atoms with E-state index in [0.29, 0.717) is 0 Å². The minimum Gasteiger partial charge on any atom is -0.497 e. The highest BCUT2D eigenvalue weighted by Gasteiger charge is 2.61. The predicted octanol–water partition coefficient (Wildman–Crippen LogP) is 4.60. The van der Waals surface area contributed by atoms with E-state index in [0.717, 1.165) is 29.0 Å². The number of methoxy groups -OCH3 is 2. The van der Waals surface area contributed by atoms with Gasteiger partial charge in [-0.1, -0.05) is 6.07 Å². The highest BCUT2D eigenvalue weighted by atomic mass is 16.5. The Hall–Kier alpha value is -3.47. The molecule has 0 fully saturated rings. The number of ether oxygens (including phenoxy) is 2. The summed E-state index contributed by atoms with van der Waals surface area (Å²) in [5, 5.41) is 0. The third-order valence-corrected chi connectivity index (χ3v) is 6.89. The topological polar surface area (TPSA) is 48.6 Å². The second-order valence-electron chi connectivity index (χ2n) is 8.01. The fourth-order valence-corrected chi connectivity index (χ4v) is 5.69. The van der Waals surface area contributed by atoms with E-state index in [2.05, 4.69) is 47.2 Å². The van der Waals surface area contributed by atoms with E-state index in [4.69, 9.17) is 18.3 Å². The van der Waals surface area contributed by atoms with Gasteiger partial charge in [-0.3, -0.25) is 0 Å². The Morgan fingerprint density at radius 3 is 2.37 bits per heavy atom. The molecule has 2 atom stereocenters. The molecule has 0 radical (unpaired) electrons. The lowest BCUT2D eigenvalue weighted by molar-refractivity contribution is -0.732. The minimum absolute atomic E-state index is 0.0368. The van der Waals surface area contributed by atoms with Crippen LogP contribution in [0.5, 0.6) is 11.5 Å². The summed E-state index contributed by atoms with van der Waals surface area (Å²) in [5.74, 6) is 1.70. The number of aromatic nitrogens is 1. The van der Waals surface area contributed by atoms with Gasteiger partial charge in [0.05, 0.1) is 50.6 Å². The number of furan rings is 2. The van der Waals surface area contributed by atoms with Crippen molar-refractivity contribution < 1.29 is 22.9 Å². The Kier molecular flexibility index (Phi) is 3.63. The average molecular weight is 400 g/mol. The predicted molar refractivity (Wildman–Crippen MR) is 109 cm³/mol.